The van der Waals surface area contributed by atoms with Crippen LogP contribution in [0.3, 0.4) is 0 Å². The molecule has 0 bridgehead atoms. The SMILES string of the molecule is Nc1ncnc2c1c(-c1ccc(CNC(=O)c3ccccc3)cc1)nn2[C@@H]1CCCNC1. The summed E-state index contributed by atoms with van der Waals surface area (Å²) < 4.78 is 1.99. The highest BCUT2D eigenvalue weighted by atomic mass is 16.1. The third-order valence-corrected chi connectivity index (χ3v) is 5.85. The Balaban J connectivity index is 1.40. The molecule has 2 aromatic carbocycles. The second-order valence-corrected chi connectivity index (χ2v) is 8.00. The normalized spacial score (nSPS) is 16.2. The number of aromatic nitrogens is 4. The minimum Gasteiger partial charge on any atom is -0.383 e. The predicted octanol–water partition coefficient (Wildman–Crippen LogP) is 2.93. The third kappa shape index (κ3) is 3.92. The maximum Gasteiger partial charge on any atom is 0.251 e. The van der Waals surface area contributed by atoms with Crippen molar-refractivity contribution in [1.29, 1.82) is 0 Å². The van der Waals surface area contributed by atoms with Crippen LogP contribution >= 0.6 is 0 Å². The van der Waals surface area contributed by atoms with E-state index >= 15 is 0 Å². The molecule has 162 valence electrons. The van der Waals surface area contributed by atoms with E-state index < -0.39 is 0 Å². The number of carbonyl (C=O) groups excluding carboxylic acids is 1. The number of nitrogens with zero attached hydrogens (tertiary/aromatic N) is 4. The van der Waals surface area contributed by atoms with Crippen LogP contribution in [0.1, 0.15) is 34.8 Å². The van der Waals surface area contributed by atoms with Crippen LogP contribution in [-0.4, -0.2) is 38.7 Å². The van der Waals surface area contributed by atoms with Crippen LogP contribution < -0.4 is 16.4 Å². The van der Waals surface area contributed by atoms with E-state index in [0.717, 1.165) is 53.8 Å². The molecule has 8 nitrogen and oxygen atoms in total. The van der Waals surface area contributed by atoms with E-state index in [-0.39, 0.29) is 11.9 Å². The topological polar surface area (TPSA) is 111 Å². The molecule has 32 heavy (non-hydrogen) atoms. The summed E-state index contributed by atoms with van der Waals surface area (Å²) in [6.45, 7) is 2.34. The van der Waals surface area contributed by atoms with E-state index in [1.165, 1.54) is 6.33 Å². The van der Waals surface area contributed by atoms with Gasteiger partial charge < -0.3 is 16.4 Å². The number of anilines is 1. The zero-order valence-corrected chi connectivity index (χ0v) is 17.7. The second kappa shape index (κ2) is 8.76. The molecule has 4 N–H and O–H groups in total. The summed E-state index contributed by atoms with van der Waals surface area (Å²) in [5.74, 6) is 0.338. The summed E-state index contributed by atoms with van der Waals surface area (Å²) in [5.41, 5.74) is 10.4. The molecule has 2 aromatic heterocycles. The van der Waals surface area contributed by atoms with Crippen LogP contribution in [0.2, 0.25) is 0 Å². The first-order valence-electron chi connectivity index (χ1n) is 10.8. The molecule has 8 heteroatoms. The van der Waals surface area contributed by atoms with Gasteiger partial charge in [0, 0.05) is 24.2 Å². The van der Waals surface area contributed by atoms with Gasteiger partial charge in [-0.1, -0.05) is 42.5 Å². The molecule has 1 atom stereocenters. The standard InChI is InChI=1S/C24H25N7O/c25-22-20-21(30-31(23(20)29-15-28-22)19-7-4-12-26-14-19)17-10-8-16(9-11-17)13-27-24(32)18-5-2-1-3-6-18/h1-3,5-6,8-11,15,19,26H,4,7,12-14H2,(H,27,32)(H2,25,28,29)/t19-/m1/s1. The number of amides is 1. The number of benzene rings is 2. The molecule has 0 spiro atoms. The largest absolute Gasteiger partial charge is 0.383 e. The van der Waals surface area contributed by atoms with Crippen LogP contribution in [0.25, 0.3) is 22.3 Å². The molecule has 0 unspecified atom stereocenters. The van der Waals surface area contributed by atoms with E-state index in [2.05, 4.69) is 20.6 Å². The van der Waals surface area contributed by atoms with E-state index in [1.54, 1.807) is 12.1 Å². The van der Waals surface area contributed by atoms with Crippen LogP contribution in [0.5, 0.6) is 0 Å². The summed E-state index contributed by atoms with van der Waals surface area (Å²) in [6.07, 6.45) is 3.65. The number of rotatable bonds is 5. The fourth-order valence-corrected chi connectivity index (χ4v) is 4.15. The summed E-state index contributed by atoms with van der Waals surface area (Å²) in [4.78, 5) is 21.0. The quantitative estimate of drug-likeness (QED) is 0.452. The van der Waals surface area contributed by atoms with Gasteiger partial charge in [0.25, 0.3) is 5.91 Å². The van der Waals surface area contributed by atoms with Crippen molar-refractivity contribution in [1.82, 2.24) is 30.4 Å². The van der Waals surface area contributed by atoms with Crippen molar-refractivity contribution >= 4 is 22.8 Å². The van der Waals surface area contributed by atoms with E-state index in [9.17, 15) is 4.79 Å². The summed E-state index contributed by atoms with van der Waals surface area (Å²) in [7, 11) is 0. The van der Waals surface area contributed by atoms with Gasteiger partial charge >= 0.3 is 0 Å². The van der Waals surface area contributed by atoms with Crippen molar-refractivity contribution in [3.05, 3.63) is 72.1 Å². The maximum absolute atomic E-state index is 12.3. The lowest BCUT2D eigenvalue weighted by molar-refractivity contribution is 0.0951. The fourth-order valence-electron chi connectivity index (χ4n) is 4.15. The monoisotopic (exact) mass is 427 g/mol. The average molecular weight is 428 g/mol. The number of nitrogens with two attached hydrogens (primary N) is 1. The number of hydrogen-bond donors (Lipinski definition) is 3. The van der Waals surface area contributed by atoms with Crippen molar-refractivity contribution in [2.75, 3.05) is 18.8 Å². The first-order chi connectivity index (χ1) is 15.7. The highest BCUT2D eigenvalue weighted by Gasteiger charge is 2.23. The van der Waals surface area contributed by atoms with E-state index in [4.69, 9.17) is 10.8 Å². The van der Waals surface area contributed by atoms with Crippen LogP contribution in [0.4, 0.5) is 5.82 Å². The van der Waals surface area contributed by atoms with Crippen molar-refractivity contribution in [2.45, 2.75) is 25.4 Å². The minimum atomic E-state index is -0.0922. The summed E-state index contributed by atoms with van der Waals surface area (Å²) >= 11 is 0. The number of carbonyl (C=O) groups is 1. The first kappa shape index (κ1) is 20.1. The minimum absolute atomic E-state index is 0.0922. The molecule has 1 saturated heterocycles. The zero-order chi connectivity index (χ0) is 21.9. The predicted molar refractivity (Wildman–Crippen MR) is 124 cm³/mol. The van der Waals surface area contributed by atoms with Crippen molar-refractivity contribution in [3.63, 3.8) is 0 Å². The van der Waals surface area contributed by atoms with Gasteiger partial charge in [-0.25, -0.2) is 14.6 Å². The molecule has 4 aromatic rings. The smallest absolute Gasteiger partial charge is 0.251 e. The molecule has 3 heterocycles. The van der Waals surface area contributed by atoms with Crippen molar-refractivity contribution in [2.24, 2.45) is 0 Å². The van der Waals surface area contributed by atoms with E-state index in [0.29, 0.717) is 17.9 Å². The Hall–Kier alpha value is -3.78. The van der Waals surface area contributed by atoms with Gasteiger partial charge in [-0.2, -0.15) is 5.10 Å². The molecule has 1 aliphatic rings. The number of piperidine rings is 1. The van der Waals surface area contributed by atoms with Gasteiger partial charge in [0.2, 0.25) is 0 Å². The maximum atomic E-state index is 12.3. The second-order valence-electron chi connectivity index (χ2n) is 8.00. The highest BCUT2D eigenvalue weighted by molar-refractivity contribution is 5.98. The van der Waals surface area contributed by atoms with Gasteiger partial charge in [-0.05, 0) is 37.1 Å². The lowest BCUT2D eigenvalue weighted by atomic mass is 10.1. The average Bonchev–Trinajstić information content (AvgIpc) is 3.25. The Morgan fingerprint density at radius 1 is 1.12 bits per heavy atom. The Morgan fingerprint density at radius 3 is 2.69 bits per heavy atom. The van der Waals surface area contributed by atoms with Crippen LogP contribution in [0.15, 0.2) is 60.9 Å². The Labute approximate surface area is 185 Å². The van der Waals surface area contributed by atoms with Gasteiger partial charge in [0.1, 0.15) is 17.8 Å². The molecule has 5 rings (SSSR count). The molecule has 0 saturated carbocycles. The summed E-state index contributed by atoms with van der Waals surface area (Å²) in [5, 5.41) is 12.1. The number of fused-ring (bicyclic) bond motifs is 1. The Kier molecular flexibility index (Phi) is 5.51. The number of hydrogen-bond acceptors (Lipinski definition) is 6. The molecule has 1 amide bonds. The molecule has 1 aliphatic heterocycles. The van der Waals surface area contributed by atoms with Gasteiger partial charge in [-0.3, -0.25) is 4.79 Å². The van der Waals surface area contributed by atoms with Crippen molar-refractivity contribution < 1.29 is 4.79 Å². The van der Waals surface area contributed by atoms with Crippen LogP contribution in [0, 0.1) is 0 Å². The highest BCUT2D eigenvalue weighted by Crippen LogP contribution is 2.32. The number of nitrogen functional groups attached to an aromatic ring is 1. The lowest BCUT2D eigenvalue weighted by Crippen LogP contribution is -2.32. The van der Waals surface area contributed by atoms with E-state index in [1.807, 2.05) is 47.1 Å². The number of nitrogens with one attached hydrogen (secondary N) is 2. The molecular weight excluding hydrogens is 402 g/mol. The lowest BCUT2D eigenvalue weighted by Gasteiger charge is -2.23. The molecule has 0 radical (unpaired) electrons. The molecular formula is C24H25N7O. The first-order valence-corrected chi connectivity index (χ1v) is 10.8. The zero-order valence-electron chi connectivity index (χ0n) is 17.7. The van der Waals surface area contributed by atoms with Crippen LogP contribution in [-0.2, 0) is 6.54 Å². The van der Waals surface area contributed by atoms with Gasteiger partial charge in [-0.15, -0.1) is 0 Å². The van der Waals surface area contributed by atoms with Gasteiger partial charge in [0.15, 0.2) is 5.65 Å². The van der Waals surface area contributed by atoms with Crippen molar-refractivity contribution in [3.8, 4) is 11.3 Å². The fraction of sp³-hybridized carbons (Fsp3) is 0.250. The Bertz CT molecular complexity index is 1230. The van der Waals surface area contributed by atoms with Gasteiger partial charge in [0.05, 0.1) is 11.4 Å². The summed E-state index contributed by atoms with van der Waals surface area (Å²) in [6, 6.07) is 17.4. The molecule has 0 aliphatic carbocycles. The molecule has 1 fully saturated rings. The third-order valence-electron chi connectivity index (χ3n) is 5.85. The Morgan fingerprint density at radius 2 is 1.94 bits per heavy atom.